The lowest BCUT2D eigenvalue weighted by molar-refractivity contribution is 0.0951. The Morgan fingerprint density at radius 2 is 2.00 bits per heavy atom. The maximum absolute atomic E-state index is 12.3. The second-order valence-electron chi connectivity index (χ2n) is 5.67. The zero-order chi connectivity index (χ0) is 17.6. The lowest BCUT2D eigenvalue weighted by Crippen LogP contribution is -2.23. The highest BCUT2D eigenvalue weighted by Gasteiger charge is 2.07. The van der Waals surface area contributed by atoms with Crippen molar-refractivity contribution >= 4 is 22.9 Å². The zero-order valence-electron chi connectivity index (χ0n) is 14.1. The van der Waals surface area contributed by atoms with Crippen LogP contribution in [-0.2, 0) is 6.54 Å². The molecule has 0 saturated heterocycles. The summed E-state index contributed by atoms with van der Waals surface area (Å²) < 4.78 is 5.62. The summed E-state index contributed by atoms with van der Waals surface area (Å²) in [6.45, 7) is 0.461. The van der Waals surface area contributed by atoms with Crippen LogP contribution in [0.25, 0.3) is 0 Å². The van der Waals surface area contributed by atoms with Crippen molar-refractivity contribution in [2.75, 3.05) is 19.0 Å². The number of benzene rings is 2. The number of aromatic nitrogens is 1. The normalized spacial score (nSPS) is 10.3. The van der Waals surface area contributed by atoms with E-state index in [9.17, 15) is 4.79 Å². The fourth-order valence-corrected chi connectivity index (χ4v) is 2.75. The molecule has 5 nitrogen and oxygen atoms in total. The largest absolute Gasteiger partial charge is 0.431 e. The molecule has 0 fully saturated rings. The molecule has 25 heavy (non-hydrogen) atoms. The smallest absolute Gasteiger partial charge is 0.278 e. The van der Waals surface area contributed by atoms with Crippen LogP contribution in [0.3, 0.4) is 0 Å². The summed E-state index contributed by atoms with van der Waals surface area (Å²) in [5.74, 6) is 0.635. The van der Waals surface area contributed by atoms with Gasteiger partial charge in [-0.2, -0.15) is 0 Å². The maximum Gasteiger partial charge on any atom is 0.278 e. The van der Waals surface area contributed by atoms with Crippen LogP contribution in [0.2, 0.25) is 0 Å². The quantitative estimate of drug-likeness (QED) is 0.729. The van der Waals surface area contributed by atoms with Crippen LogP contribution in [0.4, 0.5) is 5.69 Å². The molecule has 2 aromatic carbocycles. The topological polar surface area (TPSA) is 54.5 Å². The number of nitrogens with zero attached hydrogens (tertiary/aromatic N) is 2. The van der Waals surface area contributed by atoms with Crippen LogP contribution in [0.15, 0.2) is 60.1 Å². The van der Waals surface area contributed by atoms with E-state index < -0.39 is 0 Å². The number of ether oxygens (including phenoxy) is 1. The van der Waals surface area contributed by atoms with E-state index in [0.29, 0.717) is 17.3 Å². The number of thiazole rings is 1. The molecule has 0 aliphatic rings. The third-order valence-corrected chi connectivity index (χ3v) is 4.26. The molecular weight excluding hydrogens is 334 g/mol. The summed E-state index contributed by atoms with van der Waals surface area (Å²) in [4.78, 5) is 18.4. The van der Waals surface area contributed by atoms with Gasteiger partial charge in [-0.25, -0.2) is 4.98 Å². The number of anilines is 1. The minimum Gasteiger partial charge on any atom is -0.431 e. The van der Waals surface area contributed by atoms with Crippen molar-refractivity contribution in [2.24, 2.45) is 0 Å². The maximum atomic E-state index is 12.3. The molecular formula is C19H19N3O2S. The van der Waals surface area contributed by atoms with Gasteiger partial charge in [0.15, 0.2) is 0 Å². The Kier molecular flexibility index (Phi) is 5.30. The Labute approximate surface area is 150 Å². The minimum absolute atomic E-state index is 0.0909. The van der Waals surface area contributed by atoms with Crippen molar-refractivity contribution in [2.45, 2.75) is 6.54 Å². The van der Waals surface area contributed by atoms with E-state index in [1.807, 2.05) is 72.9 Å². The third-order valence-electron chi connectivity index (χ3n) is 3.62. The first-order chi connectivity index (χ1) is 12.1. The van der Waals surface area contributed by atoms with Gasteiger partial charge in [0.1, 0.15) is 5.75 Å². The number of hydrogen-bond acceptors (Lipinski definition) is 5. The predicted octanol–water partition coefficient (Wildman–Crippen LogP) is 3.93. The van der Waals surface area contributed by atoms with E-state index in [1.165, 1.54) is 11.3 Å². The van der Waals surface area contributed by atoms with Crippen molar-refractivity contribution in [1.29, 1.82) is 0 Å². The highest BCUT2D eigenvalue weighted by atomic mass is 32.1. The molecule has 0 radical (unpaired) electrons. The van der Waals surface area contributed by atoms with E-state index in [1.54, 1.807) is 6.20 Å². The number of amides is 1. The zero-order valence-corrected chi connectivity index (χ0v) is 14.9. The molecule has 128 valence electrons. The average Bonchev–Trinajstić information content (AvgIpc) is 3.14. The molecule has 0 spiro atoms. The first kappa shape index (κ1) is 17.0. The SMILES string of the molecule is CN(C)c1cccc(C(=O)NCc2ccc(Oc3nccs3)cc2)c1. The molecule has 0 atom stereocenters. The van der Waals surface area contributed by atoms with Crippen LogP contribution in [0.1, 0.15) is 15.9 Å². The number of nitrogens with one attached hydrogen (secondary N) is 1. The molecule has 0 bridgehead atoms. The molecule has 0 aliphatic heterocycles. The summed E-state index contributed by atoms with van der Waals surface area (Å²) in [6, 6.07) is 15.1. The molecule has 6 heteroatoms. The Bertz CT molecular complexity index is 830. The van der Waals surface area contributed by atoms with Gasteiger partial charge in [-0.3, -0.25) is 4.79 Å². The summed E-state index contributed by atoms with van der Waals surface area (Å²) in [6.07, 6.45) is 1.70. The molecule has 1 amide bonds. The lowest BCUT2D eigenvalue weighted by atomic mass is 10.1. The van der Waals surface area contributed by atoms with Crippen molar-refractivity contribution in [1.82, 2.24) is 10.3 Å². The third kappa shape index (κ3) is 4.58. The average molecular weight is 353 g/mol. The summed E-state index contributed by atoms with van der Waals surface area (Å²) in [5.41, 5.74) is 2.65. The Hall–Kier alpha value is -2.86. The van der Waals surface area contributed by atoms with Crippen molar-refractivity contribution in [3.63, 3.8) is 0 Å². The van der Waals surface area contributed by atoms with Gasteiger partial charge in [-0.15, -0.1) is 0 Å². The van der Waals surface area contributed by atoms with Gasteiger partial charge >= 0.3 is 0 Å². The summed E-state index contributed by atoms with van der Waals surface area (Å²) >= 11 is 1.44. The van der Waals surface area contributed by atoms with Crippen LogP contribution in [-0.4, -0.2) is 25.0 Å². The molecule has 1 aromatic heterocycles. The van der Waals surface area contributed by atoms with Crippen molar-refractivity contribution in [3.05, 3.63) is 71.2 Å². The monoisotopic (exact) mass is 353 g/mol. The highest BCUT2D eigenvalue weighted by molar-refractivity contribution is 7.11. The van der Waals surface area contributed by atoms with Gasteiger partial charge in [-0.1, -0.05) is 29.5 Å². The molecule has 0 aliphatic carbocycles. The fourth-order valence-electron chi connectivity index (χ4n) is 2.25. The van der Waals surface area contributed by atoms with Gasteiger partial charge in [0.05, 0.1) is 0 Å². The standard InChI is InChI=1S/C19H19N3O2S/c1-22(2)16-5-3-4-15(12-16)18(23)21-13-14-6-8-17(9-7-14)24-19-20-10-11-25-19/h3-12H,13H2,1-2H3,(H,21,23). The minimum atomic E-state index is -0.0909. The van der Waals surface area contributed by atoms with Crippen LogP contribution >= 0.6 is 11.3 Å². The van der Waals surface area contributed by atoms with E-state index in [4.69, 9.17) is 4.74 Å². The second-order valence-corrected chi connectivity index (χ2v) is 6.53. The first-order valence-electron chi connectivity index (χ1n) is 7.84. The molecule has 1 N–H and O–H groups in total. The van der Waals surface area contributed by atoms with Gasteiger partial charge in [-0.05, 0) is 35.9 Å². The van der Waals surface area contributed by atoms with Gasteiger partial charge in [0, 0.05) is 43.5 Å². The van der Waals surface area contributed by atoms with E-state index in [0.717, 1.165) is 17.0 Å². The second kappa shape index (κ2) is 7.81. The van der Waals surface area contributed by atoms with Crippen LogP contribution < -0.4 is 15.0 Å². The molecule has 3 aromatic rings. The Morgan fingerprint density at radius 1 is 1.20 bits per heavy atom. The van der Waals surface area contributed by atoms with E-state index in [-0.39, 0.29) is 5.91 Å². The van der Waals surface area contributed by atoms with Gasteiger partial charge in [0.25, 0.3) is 11.1 Å². The number of hydrogen-bond donors (Lipinski definition) is 1. The number of carbonyl (C=O) groups is 1. The first-order valence-corrected chi connectivity index (χ1v) is 8.71. The Balaban J connectivity index is 1.57. The molecule has 0 saturated carbocycles. The molecule has 3 rings (SSSR count). The predicted molar refractivity (Wildman–Crippen MR) is 101 cm³/mol. The van der Waals surface area contributed by atoms with Crippen molar-refractivity contribution < 1.29 is 9.53 Å². The molecule has 1 heterocycles. The number of rotatable bonds is 6. The van der Waals surface area contributed by atoms with Crippen LogP contribution in [0, 0.1) is 0 Å². The van der Waals surface area contributed by atoms with Crippen molar-refractivity contribution in [3.8, 4) is 10.9 Å². The summed E-state index contributed by atoms with van der Waals surface area (Å²) in [7, 11) is 3.90. The van der Waals surface area contributed by atoms with E-state index >= 15 is 0 Å². The lowest BCUT2D eigenvalue weighted by Gasteiger charge is -2.13. The van der Waals surface area contributed by atoms with Gasteiger partial charge in [0.2, 0.25) is 0 Å². The summed E-state index contributed by atoms with van der Waals surface area (Å²) in [5, 5.41) is 5.42. The highest BCUT2D eigenvalue weighted by Crippen LogP contribution is 2.23. The van der Waals surface area contributed by atoms with Crippen LogP contribution in [0.5, 0.6) is 10.9 Å². The van der Waals surface area contributed by atoms with Gasteiger partial charge < -0.3 is 15.0 Å². The Morgan fingerprint density at radius 3 is 2.68 bits per heavy atom. The van der Waals surface area contributed by atoms with E-state index in [2.05, 4.69) is 10.3 Å². The molecule has 0 unspecified atom stereocenters. The number of carbonyl (C=O) groups excluding carboxylic acids is 1. The fraction of sp³-hybridized carbons (Fsp3) is 0.158.